The molecule has 7 nitrogen and oxygen atoms in total. The second-order valence-electron chi connectivity index (χ2n) is 5.93. The minimum Gasteiger partial charge on any atom is -0.339 e. The maximum atomic E-state index is 5.35. The molecule has 1 aromatic carbocycles. The smallest absolute Gasteiger partial charge is 0.226 e. The number of thioether (sulfide) groups is 1. The average molecular weight is 378 g/mol. The van der Waals surface area contributed by atoms with E-state index in [-0.39, 0.29) is 0 Å². The van der Waals surface area contributed by atoms with Crippen molar-refractivity contribution in [3.05, 3.63) is 60.7 Å². The molecular weight excluding hydrogens is 360 g/mol. The summed E-state index contributed by atoms with van der Waals surface area (Å²) in [5.41, 5.74) is 1.97. The molecule has 0 N–H and O–H groups in total. The summed E-state index contributed by atoms with van der Waals surface area (Å²) in [4.78, 5) is 8.50. The Labute approximate surface area is 160 Å². The summed E-state index contributed by atoms with van der Waals surface area (Å²) >= 11 is 1.67. The van der Waals surface area contributed by atoms with Crippen molar-refractivity contribution in [1.82, 2.24) is 29.9 Å². The lowest BCUT2D eigenvalue weighted by Crippen LogP contribution is -1.96. The molecule has 3 aromatic heterocycles. The zero-order valence-corrected chi connectivity index (χ0v) is 15.6. The molecule has 0 saturated carbocycles. The van der Waals surface area contributed by atoms with Crippen LogP contribution in [0.5, 0.6) is 0 Å². The fourth-order valence-corrected chi connectivity index (χ4v) is 3.49. The molecule has 4 aromatic rings. The maximum absolute atomic E-state index is 5.35. The van der Waals surface area contributed by atoms with E-state index in [1.165, 1.54) is 0 Å². The van der Waals surface area contributed by atoms with E-state index >= 15 is 0 Å². The van der Waals surface area contributed by atoms with Crippen LogP contribution in [-0.4, -0.2) is 35.6 Å². The van der Waals surface area contributed by atoms with Gasteiger partial charge in [-0.05, 0) is 18.6 Å². The van der Waals surface area contributed by atoms with E-state index in [1.54, 1.807) is 24.2 Å². The number of hydrogen-bond acceptors (Lipinski definition) is 7. The van der Waals surface area contributed by atoms with Gasteiger partial charge in [0.2, 0.25) is 11.7 Å². The third-order valence-corrected chi connectivity index (χ3v) is 5.15. The highest BCUT2D eigenvalue weighted by atomic mass is 32.2. The molecule has 0 aliphatic heterocycles. The number of aromatic nitrogens is 6. The molecule has 8 heteroatoms. The number of hydrogen-bond donors (Lipinski definition) is 0. The van der Waals surface area contributed by atoms with Gasteiger partial charge in [0.1, 0.15) is 0 Å². The van der Waals surface area contributed by atoms with E-state index in [2.05, 4.69) is 25.3 Å². The number of aryl methyl sites for hydroxylation is 1. The van der Waals surface area contributed by atoms with Gasteiger partial charge in [-0.25, -0.2) is 0 Å². The van der Waals surface area contributed by atoms with Gasteiger partial charge in [0.15, 0.2) is 11.0 Å². The molecule has 0 unspecified atom stereocenters. The van der Waals surface area contributed by atoms with Crippen molar-refractivity contribution in [1.29, 1.82) is 0 Å². The summed E-state index contributed by atoms with van der Waals surface area (Å²) in [6.07, 6.45) is 5.16. The third-order valence-electron chi connectivity index (χ3n) is 4.04. The minimum absolute atomic E-state index is 0.633. The Bertz CT molecular complexity index is 999. The van der Waals surface area contributed by atoms with Crippen LogP contribution in [0.15, 0.2) is 64.5 Å². The van der Waals surface area contributed by atoms with Crippen molar-refractivity contribution in [2.45, 2.75) is 18.0 Å². The summed E-state index contributed by atoms with van der Waals surface area (Å²) in [6, 6.07) is 13.7. The van der Waals surface area contributed by atoms with Crippen LogP contribution in [-0.2, 0) is 13.5 Å². The van der Waals surface area contributed by atoms with E-state index in [0.29, 0.717) is 11.7 Å². The van der Waals surface area contributed by atoms with Crippen molar-refractivity contribution in [2.24, 2.45) is 7.05 Å². The molecule has 0 radical (unpaired) electrons. The van der Waals surface area contributed by atoms with Gasteiger partial charge >= 0.3 is 0 Å². The normalized spacial score (nSPS) is 11.0. The molecule has 0 aliphatic rings. The predicted octanol–water partition coefficient (Wildman–Crippen LogP) is 3.65. The van der Waals surface area contributed by atoms with Gasteiger partial charge < -0.3 is 9.09 Å². The van der Waals surface area contributed by atoms with Crippen LogP contribution >= 0.6 is 11.8 Å². The second-order valence-corrected chi connectivity index (χ2v) is 6.99. The van der Waals surface area contributed by atoms with E-state index in [4.69, 9.17) is 4.52 Å². The topological polar surface area (TPSA) is 82.5 Å². The van der Waals surface area contributed by atoms with Gasteiger partial charge in [0.05, 0.1) is 0 Å². The lowest BCUT2D eigenvalue weighted by molar-refractivity contribution is 0.378. The lowest BCUT2D eigenvalue weighted by atomic mass is 10.2. The first kappa shape index (κ1) is 17.4. The van der Waals surface area contributed by atoms with E-state index < -0.39 is 0 Å². The lowest BCUT2D eigenvalue weighted by Gasteiger charge is -2.03. The average Bonchev–Trinajstić information content (AvgIpc) is 3.34. The van der Waals surface area contributed by atoms with E-state index in [0.717, 1.165) is 40.7 Å². The fourth-order valence-electron chi connectivity index (χ4n) is 2.64. The van der Waals surface area contributed by atoms with Crippen LogP contribution < -0.4 is 0 Å². The highest BCUT2D eigenvalue weighted by molar-refractivity contribution is 7.99. The third kappa shape index (κ3) is 4.06. The van der Waals surface area contributed by atoms with Crippen molar-refractivity contribution in [2.75, 3.05) is 5.75 Å². The Morgan fingerprint density at radius 1 is 1.00 bits per heavy atom. The molecule has 136 valence electrons. The van der Waals surface area contributed by atoms with Gasteiger partial charge in [-0.2, -0.15) is 4.98 Å². The first-order valence-electron chi connectivity index (χ1n) is 8.62. The number of nitrogens with zero attached hydrogens (tertiary/aromatic N) is 6. The Morgan fingerprint density at radius 3 is 2.63 bits per heavy atom. The largest absolute Gasteiger partial charge is 0.339 e. The Kier molecular flexibility index (Phi) is 5.24. The molecule has 0 amide bonds. The fraction of sp³-hybridized carbons (Fsp3) is 0.211. The summed E-state index contributed by atoms with van der Waals surface area (Å²) in [6.45, 7) is 0. The highest BCUT2D eigenvalue weighted by Crippen LogP contribution is 2.23. The minimum atomic E-state index is 0.633. The Balaban J connectivity index is 1.31. The zero-order valence-electron chi connectivity index (χ0n) is 14.8. The van der Waals surface area contributed by atoms with Crippen LogP contribution in [0, 0.1) is 0 Å². The molecule has 0 bridgehead atoms. The summed E-state index contributed by atoms with van der Waals surface area (Å²) in [5, 5.41) is 13.5. The molecule has 0 fully saturated rings. The van der Waals surface area contributed by atoms with Gasteiger partial charge in [-0.3, -0.25) is 4.98 Å². The van der Waals surface area contributed by atoms with Gasteiger partial charge in [-0.1, -0.05) is 47.3 Å². The van der Waals surface area contributed by atoms with Crippen LogP contribution in [0.3, 0.4) is 0 Å². The Hall–Kier alpha value is -3.00. The Morgan fingerprint density at radius 2 is 1.81 bits per heavy atom. The molecular formula is C19H18N6OS. The first-order chi connectivity index (χ1) is 13.3. The molecule has 4 rings (SSSR count). The van der Waals surface area contributed by atoms with Gasteiger partial charge in [0, 0.05) is 42.7 Å². The molecule has 0 atom stereocenters. The standard InChI is InChI=1S/C19H18N6OS/c1-25-18(15-9-11-20-12-10-15)22-23-19(25)27-13-5-8-16-21-17(24-26-16)14-6-3-2-4-7-14/h2-4,6-7,9-12H,5,8,13H2,1H3. The van der Waals surface area contributed by atoms with E-state index in [9.17, 15) is 0 Å². The number of rotatable bonds is 7. The quantitative estimate of drug-likeness (QED) is 0.358. The number of benzene rings is 1. The molecule has 0 aliphatic carbocycles. The molecule has 0 spiro atoms. The summed E-state index contributed by atoms with van der Waals surface area (Å²) < 4.78 is 7.35. The monoisotopic (exact) mass is 378 g/mol. The van der Waals surface area contributed by atoms with E-state index in [1.807, 2.05) is 54.1 Å². The highest BCUT2D eigenvalue weighted by Gasteiger charge is 2.12. The van der Waals surface area contributed by atoms with Crippen molar-refractivity contribution in [3.8, 4) is 22.8 Å². The molecule has 27 heavy (non-hydrogen) atoms. The molecule has 0 saturated heterocycles. The summed E-state index contributed by atoms with van der Waals surface area (Å²) in [7, 11) is 1.97. The van der Waals surface area contributed by atoms with Crippen LogP contribution in [0.1, 0.15) is 12.3 Å². The van der Waals surface area contributed by atoms with Gasteiger partial charge in [0.25, 0.3) is 0 Å². The van der Waals surface area contributed by atoms with Gasteiger partial charge in [-0.15, -0.1) is 10.2 Å². The summed E-state index contributed by atoms with van der Waals surface area (Å²) in [5.74, 6) is 3.02. The van der Waals surface area contributed by atoms with Crippen molar-refractivity contribution in [3.63, 3.8) is 0 Å². The first-order valence-corrected chi connectivity index (χ1v) is 9.60. The molecule has 3 heterocycles. The second kappa shape index (κ2) is 8.13. The predicted molar refractivity (Wildman–Crippen MR) is 103 cm³/mol. The van der Waals surface area contributed by atoms with Crippen LogP contribution in [0.25, 0.3) is 22.8 Å². The van der Waals surface area contributed by atoms with Crippen molar-refractivity contribution >= 4 is 11.8 Å². The van der Waals surface area contributed by atoms with Crippen molar-refractivity contribution < 1.29 is 4.52 Å². The van der Waals surface area contributed by atoms with Crippen LogP contribution in [0.2, 0.25) is 0 Å². The van der Waals surface area contributed by atoms with Crippen LogP contribution in [0.4, 0.5) is 0 Å². The number of pyridine rings is 1. The maximum Gasteiger partial charge on any atom is 0.226 e. The SMILES string of the molecule is Cn1c(SCCCc2nc(-c3ccccc3)no2)nnc1-c1ccncc1. The zero-order chi connectivity index (χ0) is 18.5.